The van der Waals surface area contributed by atoms with Gasteiger partial charge in [-0.15, -0.1) is 0 Å². The monoisotopic (exact) mass is 260 g/mol. The molecule has 0 radical (unpaired) electrons. The Balaban J connectivity index is 2.40. The highest BCUT2D eigenvalue weighted by Crippen LogP contribution is 2.27. The van der Waals surface area contributed by atoms with E-state index in [-0.39, 0.29) is 0 Å². The van der Waals surface area contributed by atoms with Crippen LogP contribution in [-0.4, -0.2) is 18.2 Å². The van der Waals surface area contributed by atoms with Gasteiger partial charge in [-0.2, -0.15) is 0 Å². The lowest BCUT2D eigenvalue weighted by Crippen LogP contribution is -2.04. The summed E-state index contributed by atoms with van der Waals surface area (Å²) in [5.74, 6) is 0.918. The molecule has 0 aliphatic rings. The summed E-state index contributed by atoms with van der Waals surface area (Å²) in [4.78, 5) is 0. The van der Waals surface area contributed by atoms with E-state index in [0.29, 0.717) is 0 Å². The number of aromatic nitrogens is 1. The third-order valence-electron chi connectivity index (χ3n) is 3.57. The Kier molecular flexibility index (Phi) is 4.86. The average Bonchev–Trinajstić information content (AvgIpc) is 2.80. The van der Waals surface area contributed by atoms with E-state index in [4.69, 9.17) is 10.5 Å². The van der Waals surface area contributed by atoms with E-state index in [1.54, 1.807) is 7.11 Å². The molecule has 0 amide bonds. The number of rotatable bonds is 7. The number of methoxy groups -OCH3 is 1. The number of fused-ring (bicyclic) bond motifs is 1. The van der Waals surface area contributed by atoms with Gasteiger partial charge in [-0.05, 0) is 43.5 Å². The molecule has 3 heteroatoms. The molecule has 0 fully saturated rings. The van der Waals surface area contributed by atoms with Crippen LogP contribution in [0.25, 0.3) is 10.9 Å². The van der Waals surface area contributed by atoms with E-state index in [1.807, 2.05) is 6.07 Å². The van der Waals surface area contributed by atoms with Gasteiger partial charge in [-0.3, -0.25) is 0 Å². The predicted octanol–water partition coefficient (Wildman–Crippen LogP) is 3.34. The Morgan fingerprint density at radius 3 is 2.79 bits per heavy atom. The van der Waals surface area contributed by atoms with Gasteiger partial charge < -0.3 is 15.0 Å². The fourth-order valence-corrected chi connectivity index (χ4v) is 2.49. The number of ether oxygens (including phenoxy) is 1. The van der Waals surface area contributed by atoms with E-state index >= 15 is 0 Å². The Labute approximate surface area is 115 Å². The molecule has 1 aromatic carbocycles. The molecule has 104 valence electrons. The topological polar surface area (TPSA) is 40.2 Å². The Morgan fingerprint density at radius 2 is 2.11 bits per heavy atom. The molecule has 0 saturated carbocycles. The first kappa shape index (κ1) is 13.9. The van der Waals surface area contributed by atoms with Crippen molar-refractivity contribution in [3.8, 4) is 5.75 Å². The lowest BCUT2D eigenvalue weighted by atomic mass is 10.1. The van der Waals surface area contributed by atoms with Gasteiger partial charge in [0.05, 0.1) is 12.6 Å². The molecule has 0 aliphatic carbocycles. The van der Waals surface area contributed by atoms with E-state index in [1.165, 1.54) is 29.3 Å². The maximum absolute atomic E-state index is 5.63. The van der Waals surface area contributed by atoms with Crippen LogP contribution in [0, 0.1) is 0 Å². The molecule has 19 heavy (non-hydrogen) atoms. The van der Waals surface area contributed by atoms with Crippen LogP contribution in [0.5, 0.6) is 5.75 Å². The molecule has 1 aromatic heterocycles. The standard InChI is InChI=1S/C16H24N2O/c1-3-4-6-13-12-18(10-5-9-17)16-11-14(19-2)7-8-15(13)16/h7-8,11-12H,3-6,9-10,17H2,1-2H3. The summed E-state index contributed by atoms with van der Waals surface area (Å²) in [6.07, 6.45) is 6.91. The summed E-state index contributed by atoms with van der Waals surface area (Å²) >= 11 is 0. The minimum absolute atomic E-state index is 0.730. The van der Waals surface area contributed by atoms with Crippen LogP contribution in [0.1, 0.15) is 31.7 Å². The second-order valence-electron chi connectivity index (χ2n) is 4.98. The first-order valence-corrected chi connectivity index (χ1v) is 7.16. The molecule has 1 heterocycles. The maximum Gasteiger partial charge on any atom is 0.120 e. The Bertz CT molecular complexity index is 531. The van der Waals surface area contributed by atoms with Crippen LogP contribution >= 0.6 is 0 Å². The zero-order valence-electron chi connectivity index (χ0n) is 12.0. The molecule has 2 aromatic rings. The van der Waals surface area contributed by atoms with Crippen LogP contribution in [0.4, 0.5) is 0 Å². The third-order valence-corrected chi connectivity index (χ3v) is 3.57. The van der Waals surface area contributed by atoms with E-state index in [9.17, 15) is 0 Å². The van der Waals surface area contributed by atoms with Gasteiger partial charge in [-0.1, -0.05) is 13.3 Å². The summed E-state index contributed by atoms with van der Waals surface area (Å²) < 4.78 is 7.65. The van der Waals surface area contributed by atoms with Crippen molar-refractivity contribution in [1.29, 1.82) is 0 Å². The molecule has 0 bridgehead atoms. The number of benzene rings is 1. The van der Waals surface area contributed by atoms with E-state index < -0.39 is 0 Å². The summed E-state index contributed by atoms with van der Waals surface area (Å²) in [7, 11) is 1.71. The lowest BCUT2D eigenvalue weighted by Gasteiger charge is -2.05. The highest BCUT2D eigenvalue weighted by atomic mass is 16.5. The van der Waals surface area contributed by atoms with Crippen molar-refractivity contribution in [2.75, 3.05) is 13.7 Å². The van der Waals surface area contributed by atoms with Crippen molar-refractivity contribution in [2.45, 2.75) is 39.2 Å². The summed E-state index contributed by atoms with van der Waals surface area (Å²) in [5.41, 5.74) is 8.33. The molecule has 2 rings (SSSR count). The third kappa shape index (κ3) is 3.10. The molecule has 0 unspecified atom stereocenters. The molecule has 2 N–H and O–H groups in total. The molecule has 0 saturated heterocycles. The zero-order chi connectivity index (χ0) is 13.7. The van der Waals surface area contributed by atoms with E-state index in [0.717, 1.165) is 31.7 Å². The number of aryl methyl sites for hydroxylation is 2. The number of hydrogen-bond donors (Lipinski definition) is 1. The molecule has 0 atom stereocenters. The lowest BCUT2D eigenvalue weighted by molar-refractivity contribution is 0.415. The van der Waals surface area contributed by atoms with Crippen molar-refractivity contribution in [3.05, 3.63) is 30.0 Å². The Hall–Kier alpha value is -1.48. The van der Waals surface area contributed by atoms with Gasteiger partial charge in [0.15, 0.2) is 0 Å². The van der Waals surface area contributed by atoms with Crippen molar-refractivity contribution in [3.63, 3.8) is 0 Å². The second kappa shape index (κ2) is 6.62. The van der Waals surface area contributed by atoms with Crippen molar-refractivity contribution in [2.24, 2.45) is 5.73 Å². The minimum Gasteiger partial charge on any atom is -0.497 e. The van der Waals surface area contributed by atoms with Crippen molar-refractivity contribution < 1.29 is 4.74 Å². The fraction of sp³-hybridized carbons (Fsp3) is 0.500. The van der Waals surface area contributed by atoms with Crippen LogP contribution < -0.4 is 10.5 Å². The molecule has 0 aliphatic heterocycles. The van der Waals surface area contributed by atoms with Gasteiger partial charge in [-0.25, -0.2) is 0 Å². The highest BCUT2D eigenvalue weighted by molar-refractivity contribution is 5.85. The molecule has 0 spiro atoms. The number of unbranched alkanes of at least 4 members (excludes halogenated alkanes) is 1. The average molecular weight is 260 g/mol. The molecular weight excluding hydrogens is 236 g/mol. The van der Waals surface area contributed by atoms with Gasteiger partial charge >= 0.3 is 0 Å². The fourth-order valence-electron chi connectivity index (χ4n) is 2.49. The summed E-state index contributed by atoms with van der Waals surface area (Å²) in [6.45, 7) is 3.94. The van der Waals surface area contributed by atoms with Gasteiger partial charge in [0.25, 0.3) is 0 Å². The van der Waals surface area contributed by atoms with Crippen molar-refractivity contribution >= 4 is 10.9 Å². The maximum atomic E-state index is 5.63. The van der Waals surface area contributed by atoms with E-state index in [2.05, 4.69) is 29.8 Å². The van der Waals surface area contributed by atoms with Gasteiger partial charge in [0.1, 0.15) is 5.75 Å². The summed E-state index contributed by atoms with van der Waals surface area (Å²) in [6, 6.07) is 6.35. The molecular formula is C16H24N2O. The predicted molar refractivity (Wildman–Crippen MR) is 80.8 cm³/mol. The number of nitrogens with zero attached hydrogens (tertiary/aromatic N) is 1. The van der Waals surface area contributed by atoms with Crippen LogP contribution in [0.3, 0.4) is 0 Å². The smallest absolute Gasteiger partial charge is 0.120 e. The van der Waals surface area contributed by atoms with Crippen molar-refractivity contribution in [1.82, 2.24) is 4.57 Å². The normalized spacial score (nSPS) is 11.1. The summed E-state index contributed by atoms with van der Waals surface area (Å²) in [5, 5.41) is 1.35. The largest absolute Gasteiger partial charge is 0.497 e. The first-order valence-electron chi connectivity index (χ1n) is 7.16. The zero-order valence-corrected chi connectivity index (χ0v) is 12.0. The first-order chi connectivity index (χ1) is 9.30. The molecule has 3 nitrogen and oxygen atoms in total. The highest BCUT2D eigenvalue weighted by Gasteiger charge is 2.09. The Morgan fingerprint density at radius 1 is 1.26 bits per heavy atom. The van der Waals surface area contributed by atoms with Crippen LogP contribution in [0.2, 0.25) is 0 Å². The minimum atomic E-state index is 0.730. The van der Waals surface area contributed by atoms with Crippen LogP contribution in [-0.2, 0) is 13.0 Å². The SMILES string of the molecule is CCCCc1cn(CCCN)c2cc(OC)ccc12. The quantitative estimate of drug-likeness (QED) is 0.829. The van der Waals surface area contributed by atoms with Crippen LogP contribution in [0.15, 0.2) is 24.4 Å². The number of nitrogens with two attached hydrogens (primary N) is 1. The number of hydrogen-bond acceptors (Lipinski definition) is 2. The second-order valence-corrected chi connectivity index (χ2v) is 4.98. The van der Waals surface area contributed by atoms with Gasteiger partial charge in [0.2, 0.25) is 0 Å². The van der Waals surface area contributed by atoms with Gasteiger partial charge in [0, 0.05) is 24.2 Å².